The largest absolute Gasteiger partial charge is 0.497 e. The lowest BCUT2D eigenvalue weighted by atomic mass is 10.1. The van der Waals surface area contributed by atoms with Gasteiger partial charge in [-0.1, -0.05) is 36.4 Å². The molecular formula is C24H36IN5O. The fourth-order valence-electron chi connectivity index (χ4n) is 3.55. The van der Waals surface area contributed by atoms with Gasteiger partial charge in [0.05, 0.1) is 7.11 Å². The van der Waals surface area contributed by atoms with Crippen LogP contribution < -0.4 is 15.4 Å². The summed E-state index contributed by atoms with van der Waals surface area (Å²) in [6.45, 7) is 7.25. The molecule has 1 fully saturated rings. The van der Waals surface area contributed by atoms with Crippen LogP contribution in [0.4, 0.5) is 0 Å². The Bertz CT molecular complexity index is 787. The Morgan fingerprint density at radius 1 is 0.903 bits per heavy atom. The number of halogens is 1. The molecule has 0 spiro atoms. The molecule has 0 atom stereocenters. The van der Waals surface area contributed by atoms with Gasteiger partial charge in [-0.05, 0) is 42.3 Å². The number of methoxy groups -OCH3 is 1. The fourth-order valence-corrected chi connectivity index (χ4v) is 3.55. The van der Waals surface area contributed by atoms with Crippen molar-refractivity contribution in [1.82, 2.24) is 20.4 Å². The predicted octanol–water partition coefficient (Wildman–Crippen LogP) is 2.97. The highest BCUT2D eigenvalue weighted by molar-refractivity contribution is 14.0. The molecule has 1 aliphatic heterocycles. The Morgan fingerprint density at radius 3 is 2.13 bits per heavy atom. The molecule has 7 heteroatoms. The first-order valence-corrected chi connectivity index (χ1v) is 10.7. The molecule has 0 bridgehead atoms. The van der Waals surface area contributed by atoms with Crippen molar-refractivity contribution in [2.24, 2.45) is 4.99 Å². The number of aliphatic imine (C=N–C) groups is 1. The van der Waals surface area contributed by atoms with Crippen LogP contribution in [0, 0.1) is 0 Å². The van der Waals surface area contributed by atoms with E-state index in [4.69, 9.17) is 4.74 Å². The zero-order chi connectivity index (χ0) is 21.2. The zero-order valence-electron chi connectivity index (χ0n) is 18.9. The summed E-state index contributed by atoms with van der Waals surface area (Å²) in [5, 5.41) is 6.78. The van der Waals surface area contributed by atoms with Crippen LogP contribution in [0.3, 0.4) is 0 Å². The number of benzene rings is 2. The van der Waals surface area contributed by atoms with Crippen molar-refractivity contribution >= 4 is 29.9 Å². The van der Waals surface area contributed by atoms with E-state index in [-0.39, 0.29) is 24.0 Å². The molecule has 0 radical (unpaired) electrons. The number of likely N-dealkylation sites (N-methyl/N-ethyl adjacent to an activating group) is 1. The van der Waals surface area contributed by atoms with Crippen molar-refractivity contribution in [3.8, 4) is 5.75 Å². The third kappa shape index (κ3) is 8.66. The summed E-state index contributed by atoms with van der Waals surface area (Å²) in [7, 11) is 5.69. The normalized spacial score (nSPS) is 15.3. The van der Waals surface area contributed by atoms with Crippen LogP contribution in [-0.4, -0.2) is 69.7 Å². The van der Waals surface area contributed by atoms with E-state index in [0.717, 1.165) is 63.9 Å². The summed E-state index contributed by atoms with van der Waals surface area (Å²) >= 11 is 0. The van der Waals surface area contributed by atoms with Crippen LogP contribution in [0.2, 0.25) is 0 Å². The van der Waals surface area contributed by atoms with E-state index in [1.807, 2.05) is 19.2 Å². The number of ether oxygens (including phenoxy) is 1. The van der Waals surface area contributed by atoms with E-state index < -0.39 is 0 Å². The molecule has 1 heterocycles. The number of nitrogens with one attached hydrogen (secondary N) is 2. The summed E-state index contributed by atoms with van der Waals surface area (Å²) < 4.78 is 5.20. The van der Waals surface area contributed by atoms with Crippen LogP contribution in [0.1, 0.15) is 16.7 Å². The van der Waals surface area contributed by atoms with E-state index in [1.54, 1.807) is 7.11 Å². The number of guanidine groups is 1. The molecule has 0 amide bonds. The van der Waals surface area contributed by atoms with Gasteiger partial charge in [-0.2, -0.15) is 0 Å². The Kier molecular flexibility index (Phi) is 11.1. The maximum atomic E-state index is 5.20. The summed E-state index contributed by atoms with van der Waals surface area (Å²) in [5.41, 5.74) is 3.91. The van der Waals surface area contributed by atoms with Gasteiger partial charge in [-0.25, -0.2) is 0 Å². The average Bonchev–Trinajstić information content (AvgIpc) is 2.79. The van der Waals surface area contributed by atoms with Gasteiger partial charge in [0.1, 0.15) is 5.75 Å². The summed E-state index contributed by atoms with van der Waals surface area (Å²) in [6, 6.07) is 17.1. The van der Waals surface area contributed by atoms with Gasteiger partial charge < -0.3 is 20.3 Å². The molecule has 31 heavy (non-hydrogen) atoms. The average molecular weight is 537 g/mol. The molecule has 0 unspecified atom stereocenters. The molecule has 2 aromatic carbocycles. The summed E-state index contributed by atoms with van der Waals surface area (Å²) in [5.74, 6) is 1.71. The van der Waals surface area contributed by atoms with E-state index in [2.05, 4.69) is 68.9 Å². The first kappa shape index (κ1) is 25.4. The topological polar surface area (TPSA) is 52.1 Å². The van der Waals surface area contributed by atoms with Crippen molar-refractivity contribution in [3.05, 3.63) is 65.2 Å². The monoisotopic (exact) mass is 537 g/mol. The summed E-state index contributed by atoms with van der Waals surface area (Å²) in [6.07, 6.45) is 0.936. The van der Waals surface area contributed by atoms with Crippen molar-refractivity contribution in [2.75, 3.05) is 53.9 Å². The standard InChI is InChI=1S/C24H35N5O.HI/c1-25-24(26-13-12-20-8-10-23(30-3)11-9-20)27-18-21-4-6-22(7-5-21)19-29-16-14-28(2)15-17-29;/h4-11H,12-19H2,1-3H3,(H2,25,26,27);1H. The second kappa shape index (κ2) is 13.5. The lowest BCUT2D eigenvalue weighted by Gasteiger charge is -2.32. The maximum Gasteiger partial charge on any atom is 0.191 e. The van der Waals surface area contributed by atoms with Gasteiger partial charge >= 0.3 is 0 Å². The minimum atomic E-state index is 0. The molecule has 170 valence electrons. The van der Waals surface area contributed by atoms with Crippen LogP contribution in [0.5, 0.6) is 5.75 Å². The number of hydrogen-bond donors (Lipinski definition) is 2. The third-order valence-electron chi connectivity index (χ3n) is 5.57. The van der Waals surface area contributed by atoms with Crippen molar-refractivity contribution in [1.29, 1.82) is 0 Å². The van der Waals surface area contributed by atoms with Crippen LogP contribution >= 0.6 is 24.0 Å². The van der Waals surface area contributed by atoms with E-state index >= 15 is 0 Å². The van der Waals surface area contributed by atoms with Gasteiger partial charge in [0, 0.05) is 52.9 Å². The van der Waals surface area contributed by atoms with Crippen molar-refractivity contribution in [3.63, 3.8) is 0 Å². The molecule has 2 N–H and O–H groups in total. The van der Waals surface area contributed by atoms with E-state index in [1.165, 1.54) is 16.7 Å². The first-order valence-electron chi connectivity index (χ1n) is 10.7. The molecule has 6 nitrogen and oxygen atoms in total. The molecular weight excluding hydrogens is 501 g/mol. The predicted molar refractivity (Wildman–Crippen MR) is 140 cm³/mol. The van der Waals surface area contributed by atoms with E-state index in [9.17, 15) is 0 Å². The van der Waals surface area contributed by atoms with Gasteiger partial charge in [-0.3, -0.25) is 9.89 Å². The first-order chi connectivity index (χ1) is 14.7. The highest BCUT2D eigenvalue weighted by Gasteiger charge is 2.13. The number of hydrogen-bond acceptors (Lipinski definition) is 4. The Hall–Kier alpha value is -1.84. The molecule has 3 rings (SSSR count). The summed E-state index contributed by atoms with van der Waals surface area (Å²) in [4.78, 5) is 9.25. The number of nitrogens with zero attached hydrogens (tertiary/aromatic N) is 3. The highest BCUT2D eigenvalue weighted by atomic mass is 127. The number of piperazine rings is 1. The van der Waals surface area contributed by atoms with Gasteiger partial charge in [-0.15, -0.1) is 24.0 Å². The molecule has 1 aliphatic rings. The second-order valence-electron chi connectivity index (χ2n) is 7.85. The highest BCUT2D eigenvalue weighted by Crippen LogP contribution is 2.11. The molecule has 1 saturated heterocycles. The maximum absolute atomic E-state index is 5.20. The fraction of sp³-hybridized carbons (Fsp3) is 0.458. The van der Waals surface area contributed by atoms with Crippen molar-refractivity contribution in [2.45, 2.75) is 19.5 Å². The Balaban J connectivity index is 0.00000341. The molecule has 0 aromatic heterocycles. The SMILES string of the molecule is CN=C(NCCc1ccc(OC)cc1)NCc1ccc(CN2CCN(C)CC2)cc1.I. The minimum Gasteiger partial charge on any atom is -0.497 e. The number of rotatable bonds is 8. The van der Waals surface area contributed by atoms with Crippen LogP contribution in [0.15, 0.2) is 53.5 Å². The minimum absolute atomic E-state index is 0. The molecule has 0 aliphatic carbocycles. The van der Waals surface area contributed by atoms with Crippen molar-refractivity contribution < 1.29 is 4.74 Å². The lowest BCUT2D eigenvalue weighted by Crippen LogP contribution is -2.43. The van der Waals surface area contributed by atoms with Gasteiger partial charge in [0.15, 0.2) is 5.96 Å². The third-order valence-corrected chi connectivity index (χ3v) is 5.57. The molecule has 2 aromatic rings. The van der Waals surface area contributed by atoms with Gasteiger partial charge in [0.2, 0.25) is 0 Å². The lowest BCUT2D eigenvalue weighted by molar-refractivity contribution is 0.148. The Morgan fingerprint density at radius 2 is 1.52 bits per heavy atom. The second-order valence-corrected chi connectivity index (χ2v) is 7.85. The smallest absolute Gasteiger partial charge is 0.191 e. The zero-order valence-corrected chi connectivity index (χ0v) is 21.3. The molecule has 0 saturated carbocycles. The van der Waals surface area contributed by atoms with E-state index in [0.29, 0.717) is 0 Å². The van der Waals surface area contributed by atoms with Crippen LogP contribution in [0.25, 0.3) is 0 Å². The van der Waals surface area contributed by atoms with Crippen LogP contribution in [-0.2, 0) is 19.5 Å². The van der Waals surface area contributed by atoms with Gasteiger partial charge in [0.25, 0.3) is 0 Å². The Labute approximate surface area is 204 Å². The quantitative estimate of drug-likeness (QED) is 0.308.